The van der Waals surface area contributed by atoms with E-state index >= 15 is 0 Å². The molecule has 4 heteroatoms. The molecule has 1 aromatic rings. The van der Waals surface area contributed by atoms with E-state index in [9.17, 15) is 10.1 Å². The first-order valence-corrected chi connectivity index (χ1v) is 3.90. The molecule has 0 heterocycles. The zero-order valence-electron chi connectivity index (χ0n) is 7.10. The van der Waals surface area contributed by atoms with E-state index in [0.29, 0.717) is 18.8 Å². The molecule has 0 N–H and O–H groups in total. The zero-order chi connectivity index (χ0) is 9.68. The van der Waals surface area contributed by atoms with E-state index in [-0.39, 0.29) is 5.69 Å². The highest BCUT2D eigenvalue weighted by molar-refractivity contribution is 5.37. The molecule has 0 saturated carbocycles. The lowest BCUT2D eigenvalue weighted by atomic mass is 10.3. The molecular formula is C9H10NO3. The van der Waals surface area contributed by atoms with Gasteiger partial charge in [-0.2, -0.15) is 0 Å². The number of ether oxygens (including phenoxy) is 1. The lowest BCUT2D eigenvalue weighted by Crippen LogP contribution is -1.95. The van der Waals surface area contributed by atoms with Crippen LogP contribution in [0.25, 0.3) is 0 Å². The summed E-state index contributed by atoms with van der Waals surface area (Å²) in [4.78, 5) is 9.92. The molecule has 69 valence electrons. The number of nitrogens with zero attached hydrogens (tertiary/aromatic N) is 1. The van der Waals surface area contributed by atoms with Crippen molar-refractivity contribution < 1.29 is 9.66 Å². The van der Waals surface area contributed by atoms with Crippen LogP contribution in [-0.2, 0) is 0 Å². The van der Waals surface area contributed by atoms with Gasteiger partial charge in [0, 0.05) is 6.07 Å². The number of nitro groups is 1. The lowest BCUT2D eigenvalue weighted by Gasteiger charge is -2.02. The Balaban J connectivity index is 2.73. The van der Waals surface area contributed by atoms with Gasteiger partial charge in [-0.05, 0) is 19.4 Å². The van der Waals surface area contributed by atoms with Crippen LogP contribution >= 0.6 is 0 Å². The van der Waals surface area contributed by atoms with E-state index in [1.807, 2.05) is 0 Å². The van der Waals surface area contributed by atoms with Crippen molar-refractivity contribution in [2.45, 2.75) is 6.42 Å². The Bertz CT molecular complexity index is 299. The molecule has 0 bridgehead atoms. The molecule has 0 unspecified atom stereocenters. The maximum absolute atomic E-state index is 10.4. The molecule has 0 aromatic heterocycles. The summed E-state index contributed by atoms with van der Waals surface area (Å²) in [6.45, 7) is 4.07. The van der Waals surface area contributed by atoms with E-state index in [4.69, 9.17) is 4.74 Å². The first-order valence-electron chi connectivity index (χ1n) is 3.90. The van der Waals surface area contributed by atoms with Gasteiger partial charge in [0.1, 0.15) is 5.75 Å². The minimum Gasteiger partial charge on any atom is -0.493 e. The lowest BCUT2D eigenvalue weighted by molar-refractivity contribution is -0.384. The molecule has 13 heavy (non-hydrogen) atoms. The predicted octanol–water partition coefficient (Wildman–Crippen LogP) is 2.20. The molecule has 0 saturated heterocycles. The van der Waals surface area contributed by atoms with Crippen molar-refractivity contribution in [3.63, 3.8) is 0 Å². The number of nitro benzene ring substituents is 1. The van der Waals surface area contributed by atoms with Crippen LogP contribution in [-0.4, -0.2) is 11.5 Å². The highest BCUT2D eigenvalue weighted by atomic mass is 16.6. The van der Waals surface area contributed by atoms with Gasteiger partial charge in [0.2, 0.25) is 0 Å². The third-order valence-electron chi connectivity index (χ3n) is 1.44. The SMILES string of the molecule is [CH2]CCOc1cccc([N+](=O)[O-])c1. The van der Waals surface area contributed by atoms with Crippen LogP contribution in [0, 0.1) is 17.0 Å². The van der Waals surface area contributed by atoms with Gasteiger partial charge in [0.15, 0.2) is 0 Å². The van der Waals surface area contributed by atoms with Crippen molar-refractivity contribution in [3.05, 3.63) is 41.3 Å². The Morgan fingerprint density at radius 2 is 2.31 bits per heavy atom. The summed E-state index contributed by atoms with van der Waals surface area (Å²) in [5.41, 5.74) is 0.0431. The second kappa shape index (κ2) is 4.45. The highest BCUT2D eigenvalue weighted by Crippen LogP contribution is 2.18. The maximum Gasteiger partial charge on any atom is 0.273 e. The fourth-order valence-electron chi connectivity index (χ4n) is 0.877. The van der Waals surface area contributed by atoms with Gasteiger partial charge in [0.25, 0.3) is 5.69 Å². The van der Waals surface area contributed by atoms with Crippen molar-refractivity contribution >= 4 is 5.69 Å². The number of rotatable bonds is 4. The van der Waals surface area contributed by atoms with Crippen LogP contribution < -0.4 is 4.74 Å². The van der Waals surface area contributed by atoms with Gasteiger partial charge >= 0.3 is 0 Å². The quantitative estimate of drug-likeness (QED) is 0.527. The van der Waals surface area contributed by atoms with E-state index in [0.717, 1.165) is 0 Å². The molecule has 4 nitrogen and oxygen atoms in total. The monoisotopic (exact) mass is 180 g/mol. The van der Waals surface area contributed by atoms with Gasteiger partial charge in [-0.15, -0.1) is 0 Å². The Hall–Kier alpha value is -1.58. The summed E-state index contributed by atoms with van der Waals surface area (Å²) in [6.07, 6.45) is 0.642. The van der Waals surface area contributed by atoms with Gasteiger partial charge in [-0.25, -0.2) is 0 Å². The van der Waals surface area contributed by atoms with Crippen LogP contribution in [0.4, 0.5) is 5.69 Å². The molecule has 0 amide bonds. The first-order chi connectivity index (χ1) is 6.24. The molecule has 1 rings (SSSR count). The van der Waals surface area contributed by atoms with E-state index in [1.54, 1.807) is 12.1 Å². The van der Waals surface area contributed by atoms with Crippen LogP contribution in [0.15, 0.2) is 24.3 Å². The molecule has 0 aliphatic heterocycles. The van der Waals surface area contributed by atoms with Gasteiger partial charge in [-0.1, -0.05) is 6.07 Å². The first kappa shape index (κ1) is 9.51. The normalized spacial score (nSPS) is 9.62. The zero-order valence-corrected chi connectivity index (χ0v) is 7.10. The van der Waals surface area contributed by atoms with Gasteiger partial charge in [0.05, 0.1) is 17.6 Å². The summed E-state index contributed by atoms with van der Waals surface area (Å²) in [5, 5.41) is 10.4. The Kier molecular flexibility index (Phi) is 3.25. The Labute approximate surface area is 76.3 Å². The van der Waals surface area contributed by atoms with E-state index in [1.165, 1.54) is 12.1 Å². The summed E-state index contributed by atoms with van der Waals surface area (Å²) < 4.78 is 5.18. The molecule has 0 atom stereocenters. The molecular weight excluding hydrogens is 170 g/mol. The summed E-state index contributed by atoms with van der Waals surface area (Å²) >= 11 is 0. The van der Waals surface area contributed by atoms with Crippen LogP contribution in [0.5, 0.6) is 5.75 Å². The standard InChI is InChI=1S/C9H10NO3/c1-2-6-13-9-5-3-4-8(7-9)10(11)12/h3-5,7H,1-2,6H2. The fourth-order valence-corrected chi connectivity index (χ4v) is 0.877. The average molecular weight is 180 g/mol. The smallest absolute Gasteiger partial charge is 0.273 e. The second-order valence-electron chi connectivity index (χ2n) is 2.46. The van der Waals surface area contributed by atoms with Crippen molar-refractivity contribution in [2.75, 3.05) is 6.61 Å². The molecule has 0 fully saturated rings. The Morgan fingerprint density at radius 3 is 2.92 bits per heavy atom. The average Bonchev–Trinajstić information content (AvgIpc) is 2.15. The van der Waals surface area contributed by atoms with Crippen molar-refractivity contribution in [1.82, 2.24) is 0 Å². The number of non-ortho nitro benzene ring substituents is 1. The molecule has 0 spiro atoms. The Morgan fingerprint density at radius 1 is 1.54 bits per heavy atom. The van der Waals surface area contributed by atoms with Gasteiger partial charge in [-0.3, -0.25) is 10.1 Å². The topological polar surface area (TPSA) is 52.4 Å². The van der Waals surface area contributed by atoms with Crippen molar-refractivity contribution in [3.8, 4) is 5.75 Å². The van der Waals surface area contributed by atoms with Gasteiger partial charge < -0.3 is 4.74 Å². The summed E-state index contributed by atoms with van der Waals surface area (Å²) in [6, 6.07) is 6.10. The number of hydrogen-bond donors (Lipinski definition) is 0. The molecule has 1 aromatic carbocycles. The van der Waals surface area contributed by atoms with Crippen molar-refractivity contribution in [2.24, 2.45) is 0 Å². The molecule has 1 radical (unpaired) electrons. The predicted molar refractivity (Wildman–Crippen MR) is 48.6 cm³/mol. The van der Waals surface area contributed by atoms with Crippen LogP contribution in [0.3, 0.4) is 0 Å². The van der Waals surface area contributed by atoms with Crippen molar-refractivity contribution in [1.29, 1.82) is 0 Å². The number of hydrogen-bond acceptors (Lipinski definition) is 3. The van der Waals surface area contributed by atoms with Crippen LogP contribution in [0.1, 0.15) is 6.42 Å². The summed E-state index contributed by atoms with van der Waals surface area (Å²) in [7, 11) is 0. The number of benzene rings is 1. The maximum atomic E-state index is 10.4. The van der Waals surface area contributed by atoms with Crippen LogP contribution in [0.2, 0.25) is 0 Å². The minimum atomic E-state index is -0.447. The third kappa shape index (κ3) is 2.74. The second-order valence-corrected chi connectivity index (χ2v) is 2.46. The van der Waals surface area contributed by atoms with E-state index < -0.39 is 4.92 Å². The largest absolute Gasteiger partial charge is 0.493 e. The fraction of sp³-hybridized carbons (Fsp3) is 0.222. The highest BCUT2D eigenvalue weighted by Gasteiger charge is 2.05. The van der Waals surface area contributed by atoms with E-state index in [2.05, 4.69) is 6.92 Å². The molecule has 0 aliphatic carbocycles. The summed E-state index contributed by atoms with van der Waals surface area (Å²) in [5.74, 6) is 0.512. The molecule has 0 aliphatic rings. The third-order valence-corrected chi connectivity index (χ3v) is 1.44. The minimum absolute atomic E-state index is 0.0431.